The summed E-state index contributed by atoms with van der Waals surface area (Å²) in [5.74, 6) is 0. The molecular formula is C21H26N2O. The Morgan fingerprint density at radius 3 is 2.21 bits per heavy atom. The average Bonchev–Trinajstić information content (AvgIpc) is 2.79. The van der Waals surface area contributed by atoms with Gasteiger partial charge in [0.1, 0.15) is 0 Å². The summed E-state index contributed by atoms with van der Waals surface area (Å²) in [5.41, 5.74) is 3.73. The molecule has 0 aliphatic carbocycles. The second-order valence-corrected chi connectivity index (χ2v) is 7.62. The van der Waals surface area contributed by atoms with Gasteiger partial charge >= 0.3 is 0 Å². The molecule has 2 atom stereocenters. The Morgan fingerprint density at radius 2 is 1.62 bits per heavy atom. The molecule has 2 fully saturated rings. The first kappa shape index (κ1) is 15.8. The molecule has 1 aromatic carbocycles. The Bertz CT molecular complexity index is 694. The van der Waals surface area contributed by atoms with Crippen LogP contribution in [0.25, 0.3) is 0 Å². The van der Waals surface area contributed by atoms with E-state index in [0.29, 0.717) is 12.1 Å². The number of fused-ring (bicyclic) bond motifs is 2. The molecular weight excluding hydrogens is 296 g/mol. The number of pyridine rings is 1. The van der Waals surface area contributed by atoms with E-state index in [-0.39, 0.29) is 0 Å². The van der Waals surface area contributed by atoms with Gasteiger partial charge in [0.2, 0.25) is 0 Å². The zero-order valence-corrected chi connectivity index (χ0v) is 14.6. The number of hydrogen-bond donors (Lipinski definition) is 1. The Hall–Kier alpha value is -1.71. The molecule has 2 unspecified atom stereocenters. The highest BCUT2D eigenvalue weighted by Crippen LogP contribution is 2.46. The summed E-state index contributed by atoms with van der Waals surface area (Å²) in [4.78, 5) is 7.08. The van der Waals surface area contributed by atoms with Gasteiger partial charge in [-0.1, -0.05) is 30.3 Å². The summed E-state index contributed by atoms with van der Waals surface area (Å²) in [6.45, 7) is 5.03. The van der Waals surface area contributed by atoms with E-state index < -0.39 is 5.60 Å². The monoisotopic (exact) mass is 322 g/mol. The maximum atomic E-state index is 11.4. The molecule has 3 heterocycles. The average molecular weight is 322 g/mol. The van der Waals surface area contributed by atoms with E-state index in [0.717, 1.165) is 36.3 Å². The van der Waals surface area contributed by atoms with Crippen LogP contribution in [0.4, 0.5) is 0 Å². The second kappa shape index (κ2) is 5.98. The minimum absolute atomic E-state index is 0.475. The normalized spacial score (nSPS) is 29.8. The fourth-order valence-corrected chi connectivity index (χ4v) is 4.71. The lowest BCUT2D eigenvalue weighted by molar-refractivity contribution is -0.0596. The van der Waals surface area contributed by atoms with Gasteiger partial charge in [0.15, 0.2) is 0 Å². The van der Waals surface area contributed by atoms with Gasteiger partial charge in [0.25, 0.3) is 0 Å². The van der Waals surface area contributed by atoms with E-state index >= 15 is 0 Å². The summed E-state index contributed by atoms with van der Waals surface area (Å²) < 4.78 is 0. The fraction of sp³-hybridized carbons (Fsp3) is 0.476. The van der Waals surface area contributed by atoms with E-state index in [9.17, 15) is 5.11 Å². The second-order valence-electron chi connectivity index (χ2n) is 7.62. The third kappa shape index (κ3) is 2.87. The smallest absolute Gasteiger partial charge is 0.0927 e. The molecule has 4 rings (SSSR count). The van der Waals surface area contributed by atoms with E-state index in [1.165, 1.54) is 18.4 Å². The summed E-state index contributed by atoms with van der Waals surface area (Å²) >= 11 is 0. The molecule has 2 aromatic rings. The van der Waals surface area contributed by atoms with Crippen LogP contribution in [-0.2, 0) is 12.1 Å². The SMILES string of the molecule is Cc1cc(C2(O)CC3CCC(C2)N3Cc2ccccc2)cc(C)n1. The number of benzene rings is 1. The molecule has 2 aliphatic rings. The van der Waals surface area contributed by atoms with Crippen molar-refractivity contribution in [3.63, 3.8) is 0 Å². The van der Waals surface area contributed by atoms with Crippen LogP contribution in [0.15, 0.2) is 42.5 Å². The third-order valence-corrected chi connectivity index (χ3v) is 5.74. The van der Waals surface area contributed by atoms with Gasteiger partial charge in [0, 0.05) is 30.0 Å². The number of hydrogen-bond acceptors (Lipinski definition) is 3. The van der Waals surface area contributed by atoms with Gasteiger partial charge in [0.05, 0.1) is 5.60 Å². The van der Waals surface area contributed by atoms with Crippen LogP contribution in [0.3, 0.4) is 0 Å². The van der Waals surface area contributed by atoms with Crippen LogP contribution in [0.1, 0.15) is 48.2 Å². The van der Waals surface area contributed by atoms with Crippen molar-refractivity contribution >= 4 is 0 Å². The van der Waals surface area contributed by atoms with Crippen LogP contribution in [0.2, 0.25) is 0 Å². The van der Waals surface area contributed by atoms with Crippen molar-refractivity contribution in [2.75, 3.05) is 0 Å². The number of nitrogens with zero attached hydrogens (tertiary/aromatic N) is 2. The fourth-order valence-electron chi connectivity index (χ4n) is 4.71. The van der Waals surface area contributed by atoms with Crippen molar-refractivity contribution in [2.45, 2.75) is 63.8 Å². The first-order valence-corrected chi connectivity index (χ1v) is 9.01. The van der Waals surface area contributed by atoms with E-state index in [4.69, 9.17) is 0 Å². The van der Waals surface area contributed by atoms with Gasteiger partial charge < -0.3 is 5.11 Å². The van der Waals surface area contributed by atoms with Gasteiger partial charge in [-0.15, -0.1) is 0 Å². The first-order valence-electron chi connectivity index (χ1n) is 9.01. The molecule has 1 aromatic heterocycles. The summed E-state index contributed by atoms with van der Waals surface area (Å²) in [7, 11) is 0. The predicted octanol–water partition coefficient (Wildman–Crippen LogP) is 3.71. The zero-order chi connectivity index (χ0) is 16.7. The van der Waals surface area contributed by atoms with Gasteiger partial charge in [-0.3, -0.25) is 9.88 Å². The molecule has 3 heteroatoms. The maximum Gasteiger partial charge on any atom is 0.0927 e. The summed E-state index contributed by atoms with van der Waals surface area (Å²) in [5, 5.41) is 11.4. The van der Waals surface area contributed by atoms with Gasteiger partial charge in [-0.2, -0.15) is 0 Å². The van der Waals surface area contributed by atoms with Crippen LogP contribution in [0, 0.1) is 13.8 Å². The maximum absolute atomic E-state index is 11.4. The minimum atomic E-state index is -0.697. The molecule has 2 saturated heterocycles. The highest BCUT2D eigenvalue weighted by molar-refractivity contribution is 5.28. The Balaban J connectivity index is 1.57. The van der Waals surface area contributed by atoms with Crippen LogP contribution >= 0.6 is 0 Å². The number of aryl methyl sites for hydroxylation is 2. The predicted molar refractivity (Wildman–Crippen MR) is 95.6 cm³/mol. The molecule has 126 valence electrons. The van der Waals surface area contributed by atoms with Gasteiger partial charge in [-0.25, -0.2) is 0 Å². The minimum Gasteiger partial charge on any atom is -0.385 e. The lowest BCUT2D eigenvalue weighted by Gasteiger charge is -2.44. The molecule has 0 spiro atoms. The molecule has 1 N–H and O–H groups in total. The lowest BCUT2D eigenvalue weighted by Crippen LogP contribution is -2.49. The molecule has 0 radical (unpaired) electrons. The van der Waals surface area contributed by atoms with Crippen LogP contribution in [-0.4, -0.2) is 27.1 Å². The van der Waals surface area contributed by atoms with Gasteiger partial charge in [-0.05, 0) is 62.8 Å². The first-order chi connectivity index (χ1) is 11.5. The standard InChI is InChI=1S/C21H26N2O/c1-15-10-18(11-16(2)22-15)21(24)12-19-8-9-20(13-21)23(19)14-17-6-4-3-5-7-17/h3-7,10-11,19-20,24H,8-9,12-14H2,1-2H3. The molecule has 0 amide bonds. The Labute approximate surface area is 144 Å². The highest BCUT2D eigenvalue weighted by atomic mass is 16.3. The number of piperidine rings is 1. The van der Waals surface area contributed by atoms with Crippen molar-refractivity contribution in [1.82, 2.24) is 9.88 Å². The van der Waals surface area contributed by atoms with Crippen molar-refractivity contribution < 1.29 is 5.11 Å². The number of rotatable bonds is 3. The molecule has 0 saturated carbocycles. The summed E-state index contributed by atoms with van der Waals surface area (Å²) in [6.07, 6.45) is 4.06. The van der Waals surface area contributed by atoms with Crippen molar-refractivity contribution in [3.05, 3.63) is 65.0 Å². The number of aromatic nitrogens is 1. The van der Waals surface area contributed by atoms with Crippen LogP contribution < -0.4 is 0 Å². The van der Waals surface area contributed by atoms with E-state index in [1.54, 1.807) is 0 Å². The Kier molecular flexibility index (Phi) is 3.93. The largest absolute Gasteiger partial charge is 0.385 e. The zero-order valence-electron chi connectivity index (χ0n) is 14.6. The van der Waals surface area contributed by atoms with E-state index in [1.807, 2.05) is 13.8 Å². The van der Waals surface area contributed by atoms with Crippen molar-refractivity contribution in [3.8, 4) is 0 Å². The quantitative estimate of drug-likeness (QED) is 0.936. The molecule has 24 heavy (non-hydrogen) atoms. The van der Waals surface area contributed by atoms with Crippen molar-refractivity contribution in [1.29, 1.82) is 0 Å². The van der Waals surface area contributed by atoms with Crippen LogP contribution in [0.5, 0.6) is 0 Å². The number of aliphatic hydroxyl groups is 1. The molecule has 3 nitrogen and oxygen atoms in total. The molecule has 2 bridgehead atoms. The Morgan fingerprint density at radius 1 is 1.04 bits per heavy atom. The molecule has 2 aliphatic heterocycles. The topological polar surface area (TPSA) is 36.4 Å². The highest BCUT2D eigenvalue weighted by Gasteiger charge is 2.48. The third-order valence-electron chi connectivity index (χ3n) is 5.74. The summed E-state index contributed by atoms with van der Waals surface area (Å²) in [6, 6.07) is 15.8. The van der Waals surface area contributed by atoms with Crippen molar-refractivity contribution in [2.24, 2.45) is 0 Å². The lowest BCUT2D eigenvalue weighted by atomic mass is 9.80. The van der Waals surface area contributed by atoms with E-state index in [2.05, 4.69) is 52.3 Å².